The highest BCUT2D eigenvalue weighted by Gasteiger charge is 2.50. The third kappa shape index (κ3) is 2.52. The molecule has 2 aliphatic carbocycles. The van der Waals surface area contributed by atoms with Crippen molar-refractivity contribution in [2.45, 2.75) is 88.7 Å². The second kappa shape index (κ2) is 4.67. The second-order valence-electron chi connectivity index (χ2n) is 7.62. The summed E-state index contributed by atoms with van der Waals surface area (Å²) in [4.78, 5) is 0. The van der Waals surface area contributed by atoms with Gasteiger partial charge in [-0.2, -0.15) is 0 Å². The summed E-state index contributed by atoms with van der Waals surface area (Å²) in [6, 6.07) is 0. The van der Waals surface area contributed by atoms with Gasteiger partial charge in [0.25, 0.3) is 0 Å². The molecule has 0 aromatic heterocycles. The van der Waals surface area contributed by atoms with Gasteiger partial charge in [-0.1, -0.05) is 0 Å². The molecule has 1 N–H and O–H groups in total. The molecule has 2 aliphatic heterocycles. The van der Waals surface area contributed by atoms with E-state index >= 15 is 0 Å². The highest BCUT2D eigenvalue weighted by atomic mass is 16.6. The van der Waals surface area contributed by atoms with Crippen LogP contribution in [0.5, 0.6) is 0 Å². The quantitative estimate of drug-likeness (QED) is 0.634. The Morgan fingerprint density at radius 1 is 0.950 bits per heavy atom. The molecule has 2 saturated heterocycles. The van der Waals surface area contributed by atoms with Gasteiger partial charge < -0.3 is 19.3 Å². The van der Waals surface area contributed by atoms with Crippen molar-refractivity contribution < 1.29 is 19.3 Å². The molecule has 4 fully saturated rings. The first-order valence-electron chi connectivity index (χ1n) is 8.20. The van der Waals surface area contributed by atoms with Gasteiger partial charge in [-0.3, -0.25) is 0 Å². The Balaban J connectivity index is 1.33. The lowest BCUT2D eigenvalue weighted by Gasteiger charge is -2.39. The minimum atomic E-state index is -0.645. The summed E-state index contributed by atoms with van der Waals surface area (Å²) in [5.41, 5.74) is -0.266. The van der Waals surface area contributed by atoms with Crippen molar-refractivity contribution in [3.63, 3.8) is 0 Å². The van der Waals surface area contributed by atoms with E-state index in [2.05, 4.69) is 13.8 Å². The fourth-order valence-electron chi connectivity index (χ4n) is 4.23. The standard InChI is InChI=1S/C16H26O4/c1-16(2,10-4-6-12-14(8-10)19-12)20-15(17)9-3-5-11-13(7-9)18-11/h9-15,17H,3-8H2,1-2H3. The molecular weight excluding hydrogens is 256 g/mol. The number of rotatable bonds is 4. The second-order valence-corrected chi connectivity index (χ2v) is 7.62. The van der Waals surface area contributed by atoms with Gasteiger partial charge in [0.2, 0.25) is 0 Å². The largest absolute Gasteiger partial charge is 0.370 e. The average molecular weight is 282 g/mol. The van der Waals surface area contributed by atoms with Gasteiger partial charge >= 0.3 is 0 Å². The molecule has 4 rings (SSSR count). The lowest BCUT2D eigenvalue weighted by atomic mass is 9.78. The monoisotopic (exact) mass is 282 g/mol. The van der Waals surface area contributed by atoms with Crippen LogP contribution in [0.2, 0.25) is 0 Å². The number of hydrogen-bond acceptors (Lipinski definition) is 4. The van der Waals surface area contributed by atoms with Crippen molar-refractivity contribution >= 4 is 0 Å². The zero-order valence-electron chi connectivity index (χ0n) is 12.5. The molecule has 0 radical (unpaired) electrons. The number of ether oxygens (including phenoxy) is 3. The molecule has 0 aromatic rings. The van der Waals surface area contributed by atoms with Crippen LogP contribution in [0.1, 0.15) is 52.4 Å². The fourth-order valence-corrected chi connectivity index (χ4v) is 4.23. The maximum absolute atomic E-state index is 10.4. The maximum atomic E-state index is 10.4. The van der Waals surface area contributed by atoms with Crippen LogP contribution in [0.3, 0.4) is 0 Å². The van der Waals surface area contributed by atoms with Crippen LogP contribution in [0.4, 0.5) is 0 Å². The lowest BCUT2D eigenvalue weighted by Crippen LogP contribution is -2.43. The molecule has 2 heterocycles. The summed E-state index contributed by atoms with van der Waals surface area (Å²) >= 11 is 0. The smallest absolute Gasteiger partial charge is 0.158 e. The molecule has 7 atom stereocenters. The summed E-state index contributed by atoms with van der Waals surface area (Å²) in [6.45, 7) is 4.26. The summed E-state index contributed by atoms with van der Waals surface area (Å²) in [7, 11) is 0. The van der Waals surface area contributed by atoms with Gasteiger partial charge in [0.15, 0.2) is 6.29 Å². The molecule has 0 aromatic carbocycles. The van der Waals surface area contributed by atoms with Crippen LogP contribution in [-0.4, -0.2) is 41.4 Å². The Morgan fingerprint density at radius 3 is 2.25 bits per heavy atom. The Labute approximate surface area is 120 Å². The van der Waals surface area contributed by atoms with E-state index in [1.165, 1.54) is 0 Å². The molecule has 4 heteroatoms. The van der Waals surface area contributed by atoms with E-state index in [0.29, 0.717) is 30.3 Å². The van der Waals surface area contributed by atoms with E-state index in [4.69, 9.17) is 14.2 Å². The fraction of sp³-hybridized carbons (Fsp3) is 1.00. The van der Waals surface area contributed by atoms with E-state index in [9.17, 15) is 5.11 Å². The number of hydrogen-bond donors (Lipinski definition) is 1. The number of fused-ring (bicyclic) bond motifs is 2. The van der Waals surface area contributed by atoms with E-state index in [0.717, 1.165) is 38.5 Å². The van der Waals surface area contributed by atoms with Crippen molar-refractivity contribution in [3.05, 3.63) is 0 Å². The summed E-state index contributed by atoms with van der Waals surface area (Å²) in [5, 5.41) is 10.4. The summed E-state index contributed by atoms with van der Waals surface area (Å²) in [6.07, 6.45) is 7.67. The van der Waals surface area contributed by atoms with E-state index < -0.39 is 6.29 Å². The molecule has 2 saturated carbocycles. The van der Waals surface area contributed by atoms with Gasteiger partial charge in [-0.05, 0) is 58.3 Å². The molecule has 7 unspecified atom stereocenters. The molecule has 4 nitrogen and oxygen atoms in total. The maximum Gasteiger partial charge on any atom is 0.158 e. The normalized spacial score (nSPS) is 48.1. The Kier molecular flexibility index (Phi) is 3.15. The number of aliphatic hydroxyl groups is 1. The van der Waals surface area contributed by atoms with Crippen LogP contribution in [0.15, 0.2) is 0 Å². The first-order valence-corrected chi connectivity index (χ1v) is 8.20. The zero-order valence-corrected chi connectivity index (χ0v) is 12.5. The van der Waals surface area contributed by atoms with Crippen molar-refractivity contribution in [2.75, 3.05) is 0 Å². The van der Waals surface area contributed by atoms with Crippen molar-refractivity contribution in [1.29, 1.82) is 0 Å². The molecule has 4 aliphatic rings. The predicted molar refractivity (Wildman–Crippen MR) is 73.2 cm³/mol. The third-order valence-corrected chi connectivity index (χ3v) is 5.86. The third-order valence-electron chi connectivity index (χ3n) is 5.86. The minimum absolute atomic E-state index is 0.242. The molecule has 114 valence electrons. The Morgan fingerprint density at radius 2 is 1.60 bits per heavy atom. The number of aliphatic hydroxyl groups excluding tert-OH is 1. The summed E-state index contributed by atoms with van der Waals surface area (Å²) in [5.74, 6) is 0.737. The van der Waals surface area contributed by atoms with E-state index in [1.54, 1.807) is 0 Å². The molecule has 0 bridgehead atoms. The van der Waals surface area contributed by atoms with Crippen molar-refractivity contribution in [2.24, 2.45) is 11.8 Å². The van der Waals surface area contributed by atoms with Gasteiger partial charge in [0.05, 0.1) is 30.0 Å². The van der Waals surface area contributed by atoms with E-state index in [-0.39, 0.29) is 11.5 Å². The predicted octanol–water partition coefficient (Wildman–Crippen LogP) is 2.24. The van der Waals surface area contributed by atoms with Crippen LogP contribution < -0.4 is 0 Å². The summed E-state index contributed by atoms with van der Waals surface area (Å²) < 4.78 is 17.2. The first kappa shape index (κ1) is 13.5. The average Bonchev–Trinajstić information content (AvgIpc) is 3.30. The van der Waals surface area contributed by atoms with Gasteiger partial charge in [-0.25, -0.2) is 0 Å². The number of epoxide rings is 2. The lowest BCUT2D eigenvalue weighted by molar-refractivity contribution is -0.220. The van der Waals surface area contributed by atoms with E-state index in [1.807, 2.05) is 0 Å². The first-order chi connectivity index (χ1) is 9.53. The van der Waals surface area contributed by atoms with Crippen LogP contribution >= 0.6 is 0 Å². The molecular formula is C16H26O4. The molecule has 0 amide bonds. The zero-order chi connectivity index (χ0) is 13.9. The van der Waals surface area contributed by atoms with Crippen LogP contribution in [0.25, 0.3) is 0 Å². The van der Waals surface area contributed by atoms with Crippen LogP contribution in [-0.2, 0) is 14.2 Å². The topological polar surface area (TPSA) is 54.5 Å². The minimum Gasteiger partial charge on any atom is -0.370 e. The molecule has 0 spiro atoms. The van der Waals surface area contributed by atoms with Crippen molar-refractivity contribution in [1.82, 2.24) is 0 Å². The highest BCUT2D eigenvalue weighted by molar-refractivity contribution is 4.97. The van der Waals surface area contributed by atoms with Gasteiger partial charge in [-0.15, -0.1) is 0 Å². The van der Waals surface area contributed by atoms with Crippen molar-refractivity contribution in [3.8, 4) is 0 Å². The SMILES string of the molecule is CC(C)(OC(O)C1CCC2OC2C1)C1CCC2OC2C1. The Hall–Kier alpha value is -0.160. The highest BCUT2D eigenvalue weighted by Crippen LogP contribution is 2.46. The van der Waals surface area contributed by atoms with Gasteiger partial charge in [0, 0.05) is 5.92 Å². The van der Waals surface area contributed by atoms with Crippen LogP contribution in [0, 0.1) is 11.8 Å². The van der Waals surface area contributed by atoms with Gasteiger partial charge in [0.1, 0.15) is 0 Å². The Bertz CT molecular complexity index is 383. The molecule has 20 heavy (non-hydrogen) atoms.